The molecule has 2 fully saturated rings. The van der Waals surface area contributed by atoms with Crippen LogP contribution in [0, 0.1) is 17.8 Å². The van der Waals surface area contributed by atoms with E-state index in [1.54, 1.807) is 10.6 Å². The smallest absolute Gasteiger partial charge is 0.408 e. The second-order valence-corrected chi connectivity index (χ2v) is 6.30. The van der Waals surface area contributed by atoms with Crippen LogP contribution in [0.3, 0.4) is 0 Å². The lowest BCUT2D eigenvalue weighted by atomic mass is 10.0. The molecule has 0 aliphatic heterocycles. The van der Waals surface area contributed by atoms with Crippen molar-refractivity contribution in [1.29, 1.82) is 0 Å². The van der Waals surface area contributed by atoms with E-state index in [1.165, 1.54) is 25.7 Å². The molecule has 0 amide bonds. The van der Waals surface area contributed by atoms with Crippen LogP contribution < -0.4 is 5.76 Å². The molecule has 2 unspecified atom stereocenters. The third-order valence-electron chi connectivity index (χ3n) is 5.23. The van der Waals surface area contributed by atoms with Crippen LogP contribution in [0.2, 0.25) is 0 Å². The lowest BCUT2D eigenvalue weighted by Gasteiger charge is -2.04. The van der Waals surface area contributed by atoms with Crippen LogP contribution in [-0.4, -0.2) is 10.4 Å². The number of aryl methyl sites for hydroxylation is 1. The van der Waals surface area contributed by atoms with E-state index in [1.807, 2.05) is 19.1 Å². The number of rotatable bonds is 3. The van der Waals surface area contributed by atoms with Crippen molar-refractivity contribution in [2.24, 2.45) is 17.8 Å². The monoisotopic (exact) mass is 285 g/mol. The van der Waals surface area contributed by atoms with Gasteiger partial charge in [0, 0.05) is 18.0 Å². The number of carbonyl (C=O) groups is 1. The standard InChI is InChI=1S/C17H19NO3/c1-2-18-13-8-7-10(9-14(13)21-17(18)20)16(19)15-11-5-3-4-6-12(11)15/h7-9,11-12,15H,2-6H2,1H3. The van der Waals surface area contributed by atoms with Gasteiger partial charge in [-0.3, -0.25) is 9.36 Å². The Morgan fingerprint density at radius 1 is 1.29 bits per heavy atom. The van der Waals surface area contributed by atoms with E-state index in [2.05, 4.69) is 0 Å². The fourth-order valence-electron chi connectivity index (χ4n) is 4.09. The second kappa shape index (κ2) is 4.58. The number of aromatic nitrogens is 1. The summed E-state index contributed by atoms with van der Waals surface area (Å²) in [5.74, 6) is 1.31. The number of fused-ring (bicyclic) bond motifs is 2. The summed E-state index contributed by atoms with van der Waals surface area (Å²) in [6, 6.07) is 5.43. The van der Waals surface area contributed by atoms with Gasteiger partial charge in [0.05, 0.1) is 5.52 Å². The Morgan fingerprint density at radius 3 is 2.67 bits per heavy atom. The number of oxazole rings is 1. The fourth-order valence-corrected chi connectivity index (χ4v) is 4.09. The number of hydrogen-bond acceptors (Lipinski definition) is 3. The summed E-state index contributed by atoms with van der Waals surface area (Å²) >= 11 is 0. The Morgan fingerprint density at radius 2 is 2.00 bits per heavy atom. The highest BCUT2D eigenvalue weighted by molar-refractivity contribution is 6.02. The number of benzene rings is 1. The minimum atomic E-state index is -0.350. The second-order valence-electron chi connectivity index (χ2n) is 6.30. The van der Waals surface area contributed by atoms with Crippen LogP contribution in [0.4, 0.5) is 0 Å². The van der Waals surface area contributed by atoms with E-state index in [4.69, 9.17) is 4.42 Å². The van der Waals surface area contributed by atoms with Crippen LogP contribution in [0.25, 0.3) is 11.1 Å². The van der Waals surface area contributed by atoms with Gasteiger partial charge >= 0.3 is 5.76 Å². The normalized spacial score (nSPS) is 27.6. The average molecular weight is 285 g/mol. The summed E-state index contributed by atoms with van der Waals surface area (Å²) in [5, 5.41) is 0. The summed E-state index contributed by atoms with van der Waals surface area (Å²) < 4.78 is 6.84. The first-order chi connectivity index (χ1) is 10.2. The van der Waals surface area contributed by atoms with Crippen molar-refractivity contribution in [2.45, 2.75) is 39.2 Å². The molecule has 2 atom stereocenters. The number of Topliss-reactive ketones (excluding diaryl/α,β-unsaturated/α-hetero) is 1. The van der Waals surface area contributed by atoms with E-state index in [0.29, 0.717) is 29.5 Å². The molecule has 2 aromatic rings. The molecular weight excluding hydrogens is 266 g/mol. The first-order valence-electron chi connectivity index (χ1n) is 7.88. The third-order valence-corrected chi connectivity index (χ3v) is 5.23. The van der Waals surface area contributed by atoms with E-state index >= 15 is 0 Å². The van der Waals surface area contributed by atoms with E-state index in [9.17, 15) is 9.59 Å². The topological polar surface area (TPSA) is 52.2 Å². The summed E-state index contributed by atoms with van der Waals surface area (Å²) in [6.45, 7) is 2.48. The van der Waals surface area contributed by atoms with Gasteiger partial charge < -0.3 is 4.42 Å². The van der Waals surface area contributed by atoms with Gasteiger partial charge in [-0.05, 0) is 49.8 Å². The van der Waals surface area contributed by atoms with Gasteiger partial charge in [-0.1, -0.05) is 12.8 Å². The summed E-state index contributed by atoms with van der Waals surface area (Å²) in [4.78, 5) is 24.4. The van der Waals surface area contributed by atoms with Crippen molar-refractivity contribution >= 4 is 16.9 Å². The van der Waals surface area contributed by atoms with Crippen molar-refractivity contribution in [3.8, 4) is 0 Å². The minimum Gasteiger partial charge on any atom is -0.408 e. The van der Waals surface area contributed by atoms with Crippen LogP contribution in [0.1, 0.15) is 43.0 Å². The zero-order chi connectivity index (χ0) is 14.6. The molecule has 2 saturated carbocycles. The maximum atomic E-state index is 12.7. The molecule has 4 heteroatoms. The predicted octanol–water partition coefficient (Wildman–Crippen LogP) is 3.23. The molecule has 4 rings (SSSR count). The molecule has 0 N–H and O–H groups in total. The van der Waals surface area contributed by atoms with Gasteiger partial charge in [0.15, 0.2) is 11.4 Å². The molecule has 0 bridgehead atoms. The Hall–Kier alpha value is -1.84. The molecule has 1 aromatic heterocycles. The van der Waals surface area contributed by atoms with Crippen LogP contribution in [-0.2, 0) is 6.54 Å². The Labute approximate surface area is 122 Å². The Bertz CT molecular complexity index is 758. The lowest BCUT2D eigenvalue weighted by molar-refractivity contribution is 0.0956. The molecule has 2 aliphatic rings. The van der Waals surface area contributed by atoms with Gasteiger partial charge in [-0.15, -0.1) is 0 Å². The van der Waals surface area contributed by atoms with E-state index < -0.39 is 0 Å². The van der Waals surface area contributed by atoms with Gasteiger partial charge in [-0.25, -0.2) is 4.79 Å². The van der Waals surface area contributed by atoms with Crippen LogP contribution >= 0.6 is 0 Å². The first kappa shape index (κ1) is 12.9. The van der Waals surface area contributed by atoms with Crippen molar-refractivity contribution in [1.82, 2.24) is 4.57 Å². The third kappa shape index (κ3) is 1.88. The molecule has 0 radical (unpaired) electrons. The van der Waals surface area contributed by atoms with Gasteiger partial charge in [0.25, 0.3) is 0 Å². The average Bonchev–Trinajstić information content (AvgIpc) is 3.14. The predicted molar refractivity (Wildman–Crippen MR) is 79.4 cm³/mol. The summed E-state index contributed by atoms with van der Waals surface area (Å²) in [6.07, 6.45) is 4.92. The van der Waals surface area contributed by atoms with E-state index in [0.717, 1.165) is 5.52 Å². The maximum Gasteiger partial charge on any atom is 0.419 e. The summed E-state index contributed by atoms with van der Waals surface area (Å²) in [5.41, 5.74) is 1.99. The van der Waals surface area contributed by atoms with Gasteiger partial charge in [0.1, 0.15) is 0 Å². The van der Waals surface area contributed by atoms with Crippen LogP contribution in [0.5, 0.6) is 0 Å². The number of hydrogen-bond donors (Lipinski definition) is 0. The van der Waals surface area contributed by atoms with Crippen molar-refractivity contribution in [2.75, 3.05) is 0 Å². The van der Waals surface area contributed by atoms with Gasteiger partial charge in [-0.2, -0.15) is 0 Å². The molecule has 21 heavy (non-hydrogen) atoms. The first-order valence-corrected chi connectivity index (χ1v) is 7.88. The molecule has 110 valence electrons. The van der Waals surface area contributed by atoms with Crippen LogP contribution in [0.15, 0.2) is 27.4 Å². The lowest BCUT2D eigenvalue weighted by Crippen LogP contribution is -2.12. The highest BCUT2D eigenvalue weighted by atomic mass is 16.4. The molecule has 1 heterocycles. The number of nitrogens with zero attached hydrogens (tertiary/aromatic N) is 1. The summed E-state index contributed by atoms with van der Waals surface area (Å²) in [7, 11) is 0. The van der Waals surface area contributed by atoms with Crippen molar-refractivity contribution < 1.29 is 9.21 Å². The zero-order valence-electron chi connectivity index (χ0n) is 12.2. The van der Waals surface area contributed by atoms with E-state index in [-0.39, 0.29) is 17.5 Å². The van der Waals surface area contributed by atoms with Crippen molar-refractivity contribution in [3.63, 3.8) is 0 Å². The van der Waals surface area contributed by atoms with Gasteiger partial charge in [0.2, 0.25) is 0 Å². The quantitative estimate of drug-likeness (QED) is 0.813. The minimum absolute atomic E-state index is 0.213. The molecule has 4 nitrogen and oxygen atoms in total. The molecule has 0 saturated heterocycles. The Balaban J connectivity index is 1.68. The maximum absolute atomic E-state index is 12.7. The van der Waals surface area contributed by atoms with Crippen molar-refractivity contribution in [3.05, 3.63) is 34.3 Å². The highest BCUT2D eigenvalue weighted by Gasteiger charge is 2.54. The molecule has 0 spiro atoms. The number of ketones is 1. The Kier molecular flexibility index (Phi) is 2.81. The molecule has 2 aliphatic carbocycles. The zero-order valence-corrected chi connectivity index (χ0v) is 12.2. The number of carbonyl (C=O) groups excluding carboxylic acids is 1. The fraction of sp³-hybridized carbons (Fsp3) is 0.529. The highest BCUT2D eigenvalue weighted by Crippen LogP contribution is 2.56. The molecular formula is C17H19NO3. The SMILES string of the molecule is CCn1c(=O)oc2cc(C(=O)C3C4CCCCC43)ccc21. The largest absolute Gasteiger partial charge is 0.419 e. The molecule has 1 aromatic carbocycles.